The van der Waals surface area contributed by atoms with Crippen LogP contribution in [0.5, 0.6) is 11.5 Å². The largest absolute Gasteiger partial charge is 0.457 e. The van der Waals surface area contributed by atoms with E-state index < -0.39 is 0 Å². The second-order valence-electron chi connectivity index (χ2n) is 6.44. The molecule has 0 aliphatic heterocycles. The zero-order chi connectivity index (χ0) is 19.1. The van der Waals surface area contributed by atoms with Crippen LogP contribution in [0.25, 0.3) is 0 Å². The summed E-state index contributed by atoms with van der Waals surface area (Å²) in [6.07, 6.45) is 4.64. The van der Waals surface area contributed by atoms with E-state index in [0.29, 0.717) is 10.8 Å². The summed E-state index contributed by atoms with van der Waals surface area (Å²) in [7, 11) is 0. The number of nitrogens with zero attached hydrogens (tertiary/aromatic N) is 2. The van der Waals surface area contributed by atoms with E-state index in [0.717, 1.165) is 43.0 Å². The maximum atomic E-state index is 6.20. The fourth-order valence-electron chi connectivity index (χ4n) is 2.78. The normalized spacial score (nSPS) is 10.6. The van der Waals surface area contributed by atoms with E-state index in [9.17, 15) is 0 Å². The Morgan fingerprint density at radius 2 is 1.48 bits per heavy atom. The lowest BCUT2D eigenvalue weighted by molar-refractivity contribution is 0.482. The van der Waals surface area contributed by atoms with Crippen LogP contribution < -0.4 is 10.1 Å². The lowest BCUT2D eigenvalue weighted by Crippen LogP contribution is -2.07. The van der Waals surface area contributed by atoms with Crippen LogP contribution in [-0.4, -0.2) is 16.5 Å². The number of aromatic nitrogens is 2. The quantitative estimate of drug-likeness (QED) is 0.532. The fraction of sp³-hybridized carbons (Fsp3) is 0.273. The summed E-state index contributed by atoms with van der Waals surface area (Å²) in [5.41, 5.74) is 3.33. The van der Waals surface area contributed by atoms with Gasteiger partial charge in [-0.15, -0.1) is 0 Å². The van der Waals surface area contributed by atoms with Gasteiger partial charge in [0.2, 0.25) is 0 Å². The third kappa shape index (κ3) is 5.44. The van der Waals surface area contributed by atoms with Gasteiger partial charge in [0.15, 0.2) is 0 Å². The summed E-state index contributed by atoms with van der Waals surface area (Å²) >= 11 is 6.20. The third-order valence-electron chi connectivity index (χ3n) is 4.29. The smallest absolute Gasteiger partial charge is 0.148 e. The summed E-state index contributed by atoms with van der Waals surface area (Å²) in [5.74, 6) is 2.37. The van der Waals surface area contributed by atoms with E-state index in [1.54, 1.807) is 0 Å². The van der Waals surface area contributed by atoms with Gasteiger partial charge in [-0.1, -0.05) is 49.2 Å². The summed E-state index contributed by atoms with van der Waals surface area (Å²) in [6.45, 7) is 4.80. The number of hydrogen-bond donors (Lipinski definition) is 1. The molecule has 0 spiro atoms. The van der Waals surface area contributed by atoms with E-state index >= 15 is 0 Å². The Balaban J connectivity index is 1.51. The Kier molecular flexibility index (Phi) is 6.66. The Morgan fingerprint density at radius 3 is 2.07 bits per heavy atom. The zero-order valence-electron chi connectivity index (χ0n) is 15.7. The molecule has 0 saturated heterocycles. The molecular formula is C22H24ClN3O. The summed E-state index contributed by atoms with van der Waals surface area (Å²) in [6, 6.07) is 16.4. The van der Waals surface area contributed by atoms with Crippen LogP contribution in [0.2, 0.25) is 5.02 Å². The van der Waals surface area contributed by atoms with E-state index in [4.69, 9.17) is 16.3 Å². The average Bonchev–Trinajstić information content (AvgIpc) is 2.68. The van der Waals surface area contributed by atoms with Crippen molar-refractivity contribution in [3.05, 3.63) is 76.7 Å². The highest BCUT2D eigenvalue weighted by Crippen LogP contribution is 2.23. The number of anilines is 1. The summed E-state index contributed by atoms with van der Waals surface area (Å²) in [4.78, 5) is 8.24. The minimum absolute atomic E-state index is 0.575. The van der Waals surface area contributed by atoms with Gasteiger partial charge in [-0.3, -0.25) is 0 Å². The molecule has 5 heteroatoms. The van der Waals surface area contributed by atoms with Crippen molar-refractivity contribution in [2.75, 3.05) is 11.9 Å². The topological polar surface area (TPSA) is 47.0 Å². The molecule has 0 fully saturated rings. The van der Waals surface area contributed by atoms with E-state index in [-0.39, 0.29) is 0 Å². The van der Waals surface area contributed by atoms with Crippen molar-refractivity contribution in [1.82, 2.24) is 9.97 Å². The van der Waals surface area contributed by atoms with Crippen LogP contribution in [0, 0.1) is 6.92 Å². The van der Waals surface area contributed by atoms with Gasteiger partial charge < -0.3 is 10.1 Å². The lowest BCUT2D eigenvalue weighted by Gasteiger charge is -2.09. The first-order valence-electron chi connectivity index (χ1n) is 9.22. The molecule has 0 atom stereocenters. The van der Waals surface area contributed by atoms with Crippen molar-refractivity contribution >= 4 is 17.4 Å². The number of benzene rings is 2. The zero-order valence-corrected chi connectivity index (χ0v) is 16.5. The van der Waals surface area contributed by atoms with Gasteiger partial charge in [-0.2, -0.15) is 0 Å². The molecule has 0 saturated carbocycles. The minimum Gasteiger partial charge on any atom is -0.457 e. The summed E-state index contributed by atoms with van der Waals surface area (Å²) < 4.78 is 5.92. The molecule has 1 heterocycles. The average molecular weight is 382 g/mol. The molecule has 3 aromatic rings. The Morgan fingerprint density at radius 1 is 0.889 bits per heavy atom. The van der Waals surface area contributed by atoms with Crippen LogP contribution in [0.4, 0.5) is 5.82 Å². The molecule has 0 radical (unpaired) electrons. The Hall–Kier alpha value is -2.59. The SMILES string of the molecule is CCCc1ccc(Oc2ccc(CCNc3ncnc(C)c3Cl)cc2)cc1. The van der Waals surface area contributed by atoms with E-state index in [2.05, 4.69) is 46.5 Å². The first kappa shape index (κ1) is 19.2. The van der Waals surface area contributed by atoms with E-state index in [1.165, 1.54) is 17.5 Å². The van der Waals surface area contributed by atoms with Crippen LogP contribution in [0.15, 0.2) is 54.9 Å². The highest BCUT2D eigenvalue weighted by molar-refractivity contribution is 6.33. The third-order valence-corrected chi connectivity index (χ3v) is 4.74. The predicted molar refractivity (Wildman–Crippen MR) is 111 cm³/mol. The number of halogens is 1. The van der Waals surface area contributed by atoms with E-state index in [1.807, 2.05) is 31.2 Å². The van der Waals surface area contributed by atoms with Crippen molar-refractivity contribution in [3.63, 3.8) is 0 Å². The minimum atomic E-state index is 0.575. The second-order valence-corrected chi connectivity index (χ2v) is 6.82. The van der Waals surface area contributed by atoms with Crippen molar-refractivity contribution in [3.8, 4) is 11.5 Å². The van der Waals surface area contributed by atoms with Gasteiger partial charge in [0.05, 0.1) is 5.69 Å². The first-order chi connectivity index (χ1) is 13.2. The van der Waals surface area contributed by atoms with Gasteiger partial charge in [-0.05, 0) is 55.2 Å². The molecule has 1 N–H and O–H groups in total. The Bertz CT molecular complexity index is 864. The molecule has 1 aromatic heterocycles. The summed E-state index contributed by atoms with van der Waals surface area (Å²) in [5, 5.41) is 3.83. The molecule has 0 unspecified atom stereocenters. The van der Waals surface area contributed by atoms with Gasteiger partial charge in [0.1, 0.15) is 28.7 Å². The molecule has 0 bridgehead atoms. The first-order valence-corrected chi connectivity index (χ1v) is 9.60. The fourth-order valence-corrected chi connectivity index (χ4v) is 2.94. The molecule has 3 rings (SSSR count). The molecule has 4 nitrogen and oxygen atoms in total. The number of ether oxygens (including phenoxy) is 1. The number of nitrogens with one attached hydrogen (secondary N) is 1. The number of rotatable bonds is 8. The van der Waals surface area contributed by atoms with Crippen molar-refractivity contribution in [1.29, 1.82) is 0 Å². The van der Waals surface area contributed by atoms with Crippen LogP contribution in [0.3, 0.4) is 0 Å². The molecule has 27 heavy (non-hydrogen) atoms. The highest BCUT2D eigenvalue weighted by atomic mass is 35.5. The maximum absolute atomic E-state index is 6.20. The molecule has 140 valence electrons. The maximum Gasteiger partial charge on any atom is 0.148 e. The molecular weight excluding hydrogens is 358 g/mol. The van der Waals surface area contributed by atoms with Gasteiger partial charge in [0.25, 0.3) is 0 Å². The molecule has 0 amide bonds. The van der Waals surface area contributed by atoms with Crippen LogP contribution in [0.1, 0.15) is 30.2 Å². The lowest BCUT2D eigenvalue weighted by atomic mass is 10.1. The van der Waals surface area contributed by atoms with Crippen molar-refractivity contribution in [2.45, 2.75) is 33.1 Å². The number of hydrogen-bond acceptors (Lipinski definition) is 4. The molecule has 2 aromatic carbocycles. The van der Waals surface area contributed by atoms with Gasteiger partial charge in [-0.25, -0.2) is 9.97 Å². The number of aryl methyl sites for hydroxylation is 2. The highest BCUT2D eigenvalue weighted by Gasteiger charge is 2.05. The second kappa shape index (κ2) is 9.38. The predicted octanol–water partition coefficient (Wildman–Crippen LogP) is 5.84. The Labute approximate surface area is 165 Å². The molecule has 0 aliphatic carbocycles. The van der Waals surface area contributed by atoms with Crippen molar-refractivity contribution < 1.29 is 4.74 Å². The van der Waals surface area contributed by atoms with Gasteiger partial charge in [0, 0.05) is 6.54 Å². The monoisotopic (exact) mass is 381 g/mol. The molecule has 0 aliphatic rings. The van der Waals surface area contributed by atoms with Gasteiger partial charge >= 0.3 is 0 Å². The van der Waals surface area contributed by atoms with Crippen LogP contribution in [-0.2, 0) is 12.8 Å². The van der Waals surface area contributed by atoms with Crippen molar-refractivity contribution in [2.24, 2.45) is 0 Å². The van der Waals surface area contributed by atoms with Crippen LogP contribution >= 0.6 is 11.6 Å². The standard InChI is InChI=1S/C22H24ClN3O/c1-3-4-17-5-9-19(10-6-17)27-20-11-7-18(8-12-20)13-14-24-22-21(23)16(2)25-15-26-22/h5-12,15H,3-4,13-14H2,1-2H3,(H,24,25,26).